The van der Waals surface area contributed by atoms with Crippen LogP contribution < -0.4 is 9.80 Å². The van der Waals surface area contributed by atoms with E-state index in [9.17, 15) is 9.18 Å². The lowest BCUT2D eigenvalue weighted by atomic mass is 10.0. The van der Waals surface area contributed by atoms with E-state index in [4.69, 9.17) is 14.8 Å². The quantitative estimate of drug-likeness (QED) is 0.351. The normalized spacial score (nSPS) is 18.0. The Morgan fingerprint density at radius 2 is 1.89 bits per heavy atom. The first-order chi connectivity index (χ1) is 18.2. The zero-order valence-corrected chi connectivity index (χ0v) is 20.6. The van der Waals surface area contributed by atoms with Crippen LogP contribution in [0, 0.1) is 5.82 Å². The summed E-state index contributed by atoms with van der Waals surface area (Å²) in [5, 5.41) is 4.80. The minimum atomic E-state index is -0.236. The summed E-state index contributed by atoms with van der Waals surface area (Å²) in [4.78, 5) is 26.8. The number of pyridine rings is 1. The Balaban J connectivity index is 1.19. The minimum absolute atomic E-state index is 0.0289. The zero-order valence-electron chi connectivity index (χ0n) is 20.6. The van der Waals surface area contributed by atoms with Crippen LogP contribution in [0.25, 0.3) is 5.65 Å². The Kier molecular flexibility index (Phi) is 6.53. The van der Waals surface area contributed by atoms with Crippen molar-refractivity contribution in [3.63, 3.8) is 0 Å². The molecule has 2 saturated heterocycles. The maximum Gasteiger partial charge on any atom is 0.183 e. The molecule has 0 bridgehead atoms. The van der Waals surface area contributed by atoms with E-state index >= 15 is 0 Å². The number of fused-ring (bicyclic) bond motifs is 1. The van der Waals surface area contributed by atoms with Gasteiger partial charge in [-0.25, -0.2) is 18.9 Å². The Morgan fingerprint density at radius 3 is 2.76 bits per heavy atom. The Bertz CT molecular complexity index is 1420. The molecular weight excluding hydrogens is 471 g/mol. The summed E-state index contributed by atoms with van der Waals surface area (Å²) in [6.45, 7) is 3.87. The van der Waals surface area contributed by atoms with Crippen molar-refractivity contribution in [2.24, 2.45) is 0 Å². The van der Waals surface area contributed by atoms with Gasteiger partial charge >= 0.3 is 0 Å². The van der Waals surface area contributed by atoms with Gasteiger partial charge in [-0.05, 0) is 61.2 Å². The lowest BCUT2D eigenvalue weighted by Crippen LogP contribution is -2.36. The Morgan fingerprint density at radius 1 is 1.03 bits per heavy atom. The number of carbonyl (C=O) groups is 1. The van der Waals surface area contributed by atoms with Crippen LogP contribution in [0.2, 0.25) is 0 Å². The average Bonchev–Trinajstić information content (AvgIpc) is 3.60. The molecule has 2 aliphatic heterocycles. The van der Waals surface area contributed by atoms with Crippen LogP contribution in [0.5, 0.6) is 0 Å². The molecule has 0 saturated carbocycles. The predicted octanol–water partition coefficient (Wildman–Crippen LogP) is 4.26. The van der Waals surface area contributed by atoms with Crippen molar-refractivity contribution in [3.8, 4) is 0 Å². The van der Waals surface area contributed by atoms with Crippen LogP contribution in [0.3, 0.4) is 0 Å². The van der Waals surface area contributed by atoms with Gasteiger partial charge in [0.2, 0.25) is 0 Å². The molecule has 3 aromatic heterocycles. The second-order valence-electron chi connectivity index (χ2n) is 9.52. The van der Waals surface area contributed by atoms with Gasteiger partial charge in [0, 0.05) is 31.7 Å². The summed E-state index contributed by atoms with van der Waals surface area (Å²) in [6.07, 6.45) is 4.37. The molecule has 0 N–H and O–H groups in total. The van der Waals surface area contributed by atoms with Crippen molar-refractivity contribution < 1.29 is 13.9 Å². The standard InChI is InChI=1S/C28H29FN6O2/c29-21-5-1-4-20(18-21)23-7-3-13-34(23)28-12-11-26-30-19-24(35(26)32-28)25(36)10-9-22-6-2-8-27(31-22)33-14-16-37-17-15-33/h1-2,4-6,8,11-12,18-19,23H,3,7,9-10,13-17H2. The van der Waals surface area contributed by atoms with Crippen LogP contribution in [0.1, 0.15) is 47.1 Å². The van der Waals surface area contributed by atoms with Gasteiger partial charge in [0.05, 0.1) is 25.5 Å². The number of imidazole rings is 1. The van der Waals surface area contributed by atoms with Crippen molar-refractivity contribution in [2.45, 2.75) is 31.7 Å². The smallest absolute Gasteiger partial charge is 0.183 e. The SMILES string of the molecule is O=C(CCc1cccc(N2CCOCC2)n1)c1cnc2ccc(N3CCCC3c3cccc(F)c3)nn12. The molecule has 2 fully saturated rings. The van der Waals surface area contributed by atoms with Crippen molar-refractivity contribution in [3.05, 3.63) is 83.6 Å². The number of benzene rings is 1. The highest BCUT2D eigenvalue weighted by atomic mass is 19.1. The van der Waals surface area contributed by atoms with Gasteiger partial charge in [0.25, 0.3) is 0 Å². The molecule has 0 amide bonds. The van der Waals surface area contributed by atoms with Gasteiger partial charge in [-0.15, -0.1) is 5.10 Å². The number of aromatic nitrogens is 4. The second kappa shape index (κ2) is 10.3. The maximum atomic E-state index is 13.9. The number of ether oxygens (including phenoxy) is 1. The van der Waals surface area contributed by atoms with E-state index in [0.717, 1.165) is 55.4 Å². The fourth-order valence-corrected chi connectivity index (χ4v) is 5.25. The highest BCUT2D eigenvalue weighted by molar-refractivity contribution is 5.95. The van der Waals surface area contributed by atoms with Crippen LogP contribution >= 0.6 is 0 Å². The fourth-order valence-electron chi connectivity index (χ4n) is 5.25. The first-order valence-electron chi connectivity index (χ1n) is 12.8. The van der Waals surface area contributed by atoms with E-state index in [-0.39, 0.29) is 17.6 Å². The third-order valence-corrected chi connectivity index (χ3v) is 7.15. The number of halogens is 1. The van der Waals surface area contributed by atoms with Crippen LogP contribution in [-0.4, -0.2) is 58.2 Å². The number of rotatable bonds is 7. The number of nitrogens with zero attached hydrogens (tertiary/aromatic N) is 6. The number of morpholine rings is 1. The summed E-state index contributed by atoms with van der Waals surface area (Å²) < 4.78 is 20.9. The monoisotopic (exact) mass is 500 g/mol. The van der Waals surface area contributed by atoms with Gasteiger partial charge in [-0.1, -0.05) is 18.2 Å². The first-order valence-corrected chi connectivity index (χ1v) is 12.8. The zero-order chi connectivity index (χ0) is 25.2. The van der Waals surface area contributed by atoms with Gasteiger partial charge in [-0.2, -0.15) is 0 Å². The number of carbonyl (C=O) groups excluding carboxylic acids is 1. The average molecular weight is 501 g/mol. The van der Waals surface area contributed by atoms with Crippen molar-refractivity contribution in [2.75, 3.05) is 42.6 Å². The summed E-state index contributed by atoms with van der Waals surface area (Å²) in [7, 11) is 0. The van der Waals surface area contributed by atoms with Gasteiger partial charge in [0.1, 0.15) is 23.1 Å². The van der Waals surface area contributed by atoms with Gasteiger partial charge in [0.15, 0.2) is 11.4 Å². The van der Waals surface area contributed by atoms with Crippen molar-refractivity contribution in [1.29, 1.82) is 0 Å². The largest absolute Gasteiger partial charge is 0.378 e. The van der Waals surface area contributed by atoms with Gasteiger partial charge < -0.3 is 14.5 Å². The maximum absolute atomic E-state index is 13.9. The number of ketones is 1. The number of aryl methyl sites for hydroxylation is 1. The molecule has 5 heterocycles. The molecular formula is C28H29FN6O2. The van der Waals surface area contributed by atoms with E-state index in [1.165, 1.54) is 6.07 Å². The third kappa shape index (κ3) is 4.91. The van der Waals surface area contributed by atoms with Crippen molar-refractivity contribution >= 4 is 23.1 Å². The number of hydrogen-bond acceptors (Lipinski definition) is 7. The molecule has 4 aromatic rings. The molecule has 1 aromatic carbocycles. The molecule has 37 heavy (non-hydrogen) atoms. The van der Waals surface area contributed by atoms with E-state index in [0.29, 0.717) is 37.4 Å². The summed E-state index contributed by atoms with van der Waals surface area (Å²) >= 11 is 0. The van der Waals surface area contributed by atoms with Crippen LogP contribution in [-0.2, 0) is 11.2 Å². The van der Waals surface area contributed by atoms with E-state index in [1.807, 2.05) is 36.4 Å². The van der Waals surface area contributed by atoms with E-state index in [1.54, 1.807) is 22.8 Å². The summed E-state index contributed by atoms with van der Waals surface area (Å²) in [5.74, 6) is 1.41. The Hall–Kier alpha value is -3.85. The lowest BCUT2D eigenvalue weighted by molar-refractivity contribution is 0.0975. The first kappa shape index (κ1) is 23.5. The third-order valence-electron chi connectivity index (χ3n) is 7.15. The number of Topliss-reactive ketones (excluding diaryl/α,β-unsaturated/α-hetero) is 1. The molecule has 8 nitrogen and oxygen atoms in total. The van der Waals surface area contributed by atoms with Crippen LogP contribution in [0.4, 0.5) is 16.0 Å². The van der Waals surface area contributed by atoms with Crippen molar-refractivity contribution in [1.82, 2.24) is 19.6 Å². The molecule has 2 aliphatic rings. The molecule has 1 unspecified atom stereocenters. The molecule has 9 heteroatoms. The number of anilines is 2. The van der Waals surface area contributed by atoms with Gasteiger partial charge in [-0.3, -0.25) is 4.79 Å². The van der Waals surface area contributed by atoms with E-state index in [2.05, 4.69) is 14.8 Å². The fraction of sp³-hybridized carbons (Fsp3) is 0.357. The highest BCUT2D eigenvalue weighted by Crippen LogP contribution is 2.35. The lowest BCUT2D eigenvalue weighted by Gasteiger charge is -2.28. The number of hydrogen-bond donors (Lipinski definition) is 0. The molecule has 190 valence electrons. The molecule has 0 radical (unpaired) electrons. The Labute approximate surface area is 214 Å². The minimum Gasteiger partial charge on any atom is -0.378 e. The second-order valence-corrected chi connectivity index (χ2v) is 9.52. The summed E-state index contributed by atoms with van der Waals surface area (Å²) in [6, 6.07) is 16.6. The molecule has 6 rings (SSSR count). The molecule has 0 aliphatic carbocycles. The topological polar surface area (TPSA) is 75.9 Å². The van der Waals surface area contributed by atoms with Crippen LogP contribution in [0.15, 0.2) is 60.8 Å². The summed E-state index contributed by atoms with van der Waals surface area (Å²) in [5.41, 5.74) is 2.91. The molecule has 0 spiro atoms. The molecule has 1 atom stereocenters. The van der Waals surface area contributed by atoms with E-state index < -0.39 is 0 Å². The predicted molar refractivity (Wildman–Crippen MR) is 139 cm³/mol. The highest BCUT2D eigenvalue weighted by Gasteiger charge is 2.28.